The smallest absolute Gasteiger partial charge is 0.220 e. The second-order valence-corrected chi connectivity index (χ2v) is 8.06. The molecular weight excluding hydrogens is 350 g/mol. The molecule has 0 unspecified atom stereocenters. The van der Waals surface area contributed by atoms with Crippen LogP contribution in [0.2, 0.25) is 0 Å². The van der Waals surface area contributed by atoms with Crippen molar-refractivity contribution in [2.24, 2.45) is 0 Å². The monoisotopic (exact) mass is 397 g/mol. The first-order valence-corrected chi connectivity index (χ1v) is 11.9. The molecule has 0 spiro atoms. The summed E-state index contributed by atoms with van der Waals surface area (Å²) in [6.45, 7) is 4.20. The minimum atomic E-state index is -0.826. The summed E-state index contributed by atoms with van der Waals surface area (Å²) in [6.07, 6.45) is 21.4. The van der Waals surface area contributed by atoms with Gasteiger partial charge in [0.2, 0.25) is 5.91 Å². The van der Waals surface area contributed by atoms with Gasteiger partial charge in [0.05, 0.1) is 18.8 Å². The van der Waals surface area contributed by atoms with Crippen LogP contribution in [0.3, 0.4) is 0 Å². The molecule has 0 saturated carbocycles. The molecule has 0 fully saturated rings. The van der Waals surface area contributed by atoms with Gasteiger partial charge in [-0.3, -0.25) is 4.79 Å². The predicted molar refractivity (Wildman–Crippen MR) is 119 cm³/mol. The van der Waals surface area contributed by atoms with Gasteiger partial charge in [0.15, 0.2) is 0 Å². The number of nitrogens with one attached hydrogen (secondary N) is 1. The molecule has 166 valence electrons. The van der Waals surface area contributed by atoms with E-state index in [0.29, 0.717) is 6.42 Å². The lowest BCUT2D eigenvalue weighted by Crippen LogP contribution is -2.45. The van der Waals surface area contributed by atoms with Crippen molar-refractivity contribution in [3.05, 3.63) is 12.2 Å². The number of aliphatic hydroxyl groups is 2. The first-order valence-electron chi connectivity index (χ1n) is 11.9. The van der Waals surface area contributed by atoms with Crippen LogP contribution >= 0.6 is 0 Å². The van der Waals surface area contributed by atoms with Crippen molar-refractivity contribution in [3.63, 3.8) is 0 Å². The minimum Gasteiger partial charge on any atom is -0.394 e. The summed E-state index contributed by atoms with van der Waals surface area (Å²) in [5, 5.41) is 22.4. The number of unbranched alkanes of at least 4 members (excludes halogenated alkanes) is 13. The van der Waals surface area contributed by atoms with Gasteiger partial charge in [-0.15, -0.1) is 0 Å². The second kappa shape index (κ2) is 20.9. The second-order valence-electron chi connectivity index (χ2n) is 8.06. The maximum absolute atomic E-state index is 12.0. The summed E-state index contributed by atoms with van der Waals surface area (Å²) in [5.41, 5.74) is 0. The lowest BCUT2D eigenvalue weighted by molar-refractivity contribution is -0.123. The number of rotatable bonds is 20. The number of hydrogen-bond donors (Lipinski definition) is 3. The number of allylic oxidation sites excluding steroid dienone is 1. The molecule has 3 N–H and O–H groups in total. The lowest BCUT2D eigenvalue weighted by atomic mass is 10.1. The van der Waals surface area contributed by atoms with E-state index in [9.17, 15) is 15.0 Å². The van der Waals surface area contributed by atoms with Crippen molar-refractivity contribution in [1.82, 2.24) is 5.32 Å². The third-order valence-electron chi connectivity index (χ3n) is 5.27. The first kappa shape index (κ1) is 27.1. The molecule has 4 heteroatoms. The number of carbonyl (C=O) groups excluding carboxylic acids is 1. The van der Waals surface area contributed by atoms with Crippen molar-refractivity contribution >= 4 is 5.91 Å². The summed E-state index contributed by atoms with van der Waals surface area (Å²) < 4.78 is 0. The molecule has 2 atom stereocenters. The largest absolute Gasteiger partial charge is 0.394 e. The zero-order valence-corrected chi connectivity index (χ0v) is 18.6. The van der Waals surface area contributed by atoms with E-state index in [2.05, 4.69) is 19.2 Å². The molecule has 0 aliphatic rings. The van der Waals surface area contributed by atoms with Crippen LogP contribution < -0.4 is 5.32 Å². The molecule has 0 aromatic rings. The third-order valence-corrected chi connectivity index (χ3v) is 5.27. The summed E-state index contributed by atoms with van der Waals surface area (Å²) >= 11 is 0. The highest BCUT2D eigenvalue weighted by atomic mass is 16.3. The maximum Gasteiger partial charge on any atom is 0.220 e. The Labute approximate surface area is 174 Å². The van der Waals surface area contributed by atoms with Crippen molar-refractivity contribution in [2.45, 2.75) is 129 Å². The molecule has 28 heavy (non-hydrogen) atoms. The summed E-state index contributed by atoms with van der Waals surface area (Å²) in [6, 6.07) is -0.609. The van der Waals surface area contributed by atoms with Crippen molar-refractivity contribution < 1.29 is 15.0 Å². The van der Waals surface area contributed by atoms with Crippen LogP contribution in [0.1, 0.15) is 117 Å². The van der Waals surface area contributed by atoms with Gasteiger partial charge in [-0.1, -0.05) is 103 Å². The van der Waals surface area contributed by atoms with Gasteiger partial charge in [0.25, 0.3) is 0 Å². The minimum absolute atomic E-state index is 0.0767. The summed E-state index contributed by atoms with van der Waals surface area (Å²) in [5.74, 6) is -0.0767. The van der Waals surface area contributed by atoms with E-state index in [0.717, 1.165) is 25.7 Å². The number of amides is 1. The number of carbonyl (C=O) groups is 1. The van der Waals surface area contributed by atoms with Crippen LogP contribution in [0.15, 0.2) is 12.2 Å². The Morgan fingerprint density at radius 2 is 1.32 bits per heavy atom. The van der Waals surface area contributed by atoms with Gasteiger partial charge >= 0.3 is 0 Å². The zero-order valence-electron chi connectivity index (χ0n) is 18.6. The average molecular weight is 398 g/mol. The molecule has 0 heterocycles. The highest BCUT2D eigenvalue weighted by Crippen LogP contribution is 2.10. The van der Waals surface area contributed by atoms with E-state index in [1.165, 1.54) is 70.6 Å². The molecule has 0 aromatic heterocycles. The Bertz CT molecular complexity index is 371. The van der Waals surface area contributed by atoms with Gasteiger partial charge in [-0.2, -0.15) is 0 Å². The SMILES string of the molecule is CCCCCCCCC/C=C/[C@@H](O)[C@H](CO)NC(=O)CCCCCCCCC. The van der Waals surface area contributed by atoms with Crippen LogP contribution in [0, 0.1) is 0 Å². The highest BCUT2D eigenvalue weighted by Gasteiger charge is 2.17. The topological polar surface area (TPSA) is 69.6 Å². The van der Waals surface area contributed by atoms with Gasteiger partial charge < -0.3 is 15.5 Å². The summed E-state index contributed by atoms with van der Waals surface area (Å²) in [4.78, 5) is 12.0. The van der Waals surface area contributed by atoms with Gasteiger partial charge in [0.1, 0.15) is 0 Å². The Hall–Kier alpha value is -0.870. The van der Waals surface area contributed by atoms with Gasteiger partial charge in [0, 0.05) is 6.42 Å². The summed E-state index contributed by atoms with van der Waals surface area (Å²) in [7, 11) is 0. The van der Waals surface area contributed by atoms with E-state index in [-0.39, 0.29) is 12.5 Å². The van der Waals surface area contributed by atoms with Crippen molar-refractivity contribution in [3.8, 4) is 0 Å². The number of aliphatic hydroxyl groups excluding tert-OH is 2. The Morgan fingerprint density at radius 1 is 0.821 bits per heavy atom. The molecule has 0 radical (unpaired) electrons. The Balaban J connectivity index is 3.80. The highest BCUT2D eigenvalue weighted by molar-refractivity contribution is 5.76. The van der Waals surface area contributed by atoms with Crippen LogP contribution in [0.4, 0.5) is 0 Å². The van der Waals surface area contributed by atoms with Crippen LogP contribution in [0.25, 0.3) is 0 Å². The normalized spacial score (nSPS) is 13.7. The number of hydrogen-bond acceptors (Lipinski definition) is 3. The maximum atomic E-state index is 12.0. The van der Waals surface area contributed by atoms with Gasteiger partial charge in [-0.25, -0.2) is 0 Å². The van der Waals surface area contributed by atoms with E-state index in [1.807, 2.05) is 6.08 Å². The van der Waals surface area contributed by atoms with Crippen LogP contribution in [-0.2, 0) is 4.79 Å². The molecule has 0 aromatic carbocycles. The molecule has 0 bridgehead atoms. The van der Waals surface area contributed by atoms with Crippen LogP contribution in [0.5, 0.6) is 0 Å². The molecule has 0 rings (SSSR count). The first-order chi connectivity index (χ1) is 13.7. The van der Waals surface area contributed by atoms with E-state index in [4.69, 9.17) is 0 Å². The molecule has 0 saturated heterocycles. The zero-order chi connectivity index (χ0) is 20.9. The van der Waals surface area contributed by atoms with E-state index < -0.39 is 12.1 Å². The fourth-order valence-electron chi connectivity index (χ4n) is 3.35. The molecule has 0 aliphatic carbocycles. The Kier molecular flexibility index (Phi) is 20.2. The molecule has 4 nitrogen and oxygen atoms in total. The fraction of sp³-hybridized carbons (Fsp3) is 0.875. The average Bonchev–Trinajstić information content (AvgIpc) is 2.69. The fourth-order valence-corrected chi connectivity index (χ4v) is 3.35. The quantitative estimate of drug-likeness (QED) is 0.183. The molecule has 1 amide bonds. The Morgan fingerprint density at radius 3 is 1.86 bits per heavy atom. The predicted octanol–water partition coefficient (Wildman–Crippen LogP) is 5.66. The standard InChI is InChI=1S/C24H47NO3/c1-3-5-7-9-11-12-14-15-17-19-23(27)22(21-26)25-24(28)20-18-16-13-10-8-6-4-2/h17,19,22-23,26-27H,3-16,18,20-21H2,1-2H3,(H,25,28)/b19-17+/t22-,23+/m0/s1. The molecule has 0 aliphatic heterocycles. The van der Waals surface area contributed by atoms with E-state index in [1.54, 1.807) is 6.08 Å². The van der Waals surface area contributed by atoms with Crippen LogP contribution in [-0.4, -0.2) is 34.9 Å². The van der Waals surface area contributed by atoms with E-state index >= 15 is 0 Å². The van der Waals surface area contributed by atoms with Gasteiger partial charge in [-0.05, 0) is 19.3 Å². The third kappa shape index (κ3) is 17.2. The lowest BCUT2D eigenvalue weighted by Gasteiger charge is -2.20. The molecular formula is C24H47NO3. The van der Waals surface area contributed by atoms with Crippen molar-refractivity contribution in [1.29, 1.82) is 0 Å². The van der Waals surface area contributed by atoms with Crippen molar-refractivity contribution in [2.75, 3.05) is 6.61 Å².